The van der Waals surface area contributed by atoms with Gasteiger partial charge < -0.3 is 5.32 Å². The Kier molecular flexibility index (Phi) is 6.33. The molecular weight excluding hydrogens is 336 g/mol. The molecule has 0 radical (unpaired) electrons. The van der Waals surface area contributed by atoms with E-state index >= 15 is 0 Å². The minimum absolute atomic E-state index is 0.0990. The molecule has 0 heterocycles. The van der Waals surface area contributed by atoms with Gasteiger partial charge in [-0.1, -0.05) is 55.5 Å². The second kappa shape index (κ2) is 8.27. The first-order valence-corrected chi connectivity index (χ1v) is 9.58. The summed E-state index contributed by atoms with van der Waals surface area (Å²) < 4.78 is 25.9. The molecule has 0 saturated carbocycles. The number of nitrogens with one attached hydrogen (secondary N) is 1. The third kappa shape index (κ3) is 4.90. The van der Waals surface area contributed by atoms with E-state index in [1.165, 1.54) is 18.4 Å². The van der Waals surface area contributed by atoms with E-state index in [9.17, 15) is 13.2 Å². The molecule has 6 heteroatoms. The van der Waals surface area contributed by atoms with Gasteiger partial charge in [-0.3, -0.25) is 4.79 Å². The minimum atomic E-state index is -3.54. The Morgan fingerprint density at radius 3 is 2.28 bits per heavy atom. The standard InChI is InChI=1S/C19H24N2O3S/c1-15(16-9-5-4-6-10-16)13-19(22)20-14-17-11-7-8-12-18(17)25(23,24)21(2)3/h4-12,15H,13-14H2,1-3H3,(H,20,22). The van der Waals surface area contributed by atoms with E-state index in [0.29, 0.717) is 12.0 Å². The predicted octanol–water partition coefficient (Wildman–Crippen LogP) is 2.75. The van der Waals surface area contributed by atoms with Crippen LogP contribution >= 0.6 is 0 Å². The first kappa shape index (κ1) is 19.1. The third-order valence-electron chi connectivity index (χ3n) is 4.07. The number of amides is 1. The molecule has 0 spiro atoms. The van der Waals surface area contributed by atoms with Gasteiger partial charge in [0.05, 0.1) is 4.90 Å². The highest BCUT2D eigenvalue weighted by atomic mass is 32.2. The molecule has 25 heavy (non-hydrogen) atoms. The van der Waals surface area contributed by atoms with Gasteiger partial charge in [0, 0.05) is 27.1 Å². The molecule has 0 fully saturated rings. The van der Waals surface area contributed by atoms with Crippen LogP contribution in [0.3, 0.4) is 0 Å². The van der Waals surface area contributed by atoms with Gasteiger partial charge in [-0.15, -0.1) is 0 Å². The first-order chi connectivity index (χ1) is 11.8. The quantitative estimate of drug-likeness (QED) is 0.826. The molecule has 2 aromatic carbocycles. The SMILES string of the molecule is CC(CC(=O)NCc1ccccc1S(=O)(=O)N(C)C)c1ccccc1. The molecule has 0 aliphatic carbocycles. The van der Waals surface area contributed by atoms with Gasteiger partial charge in [-0.05, 0) is 23.1 Å². The summed E-state index contributed by atoms with van der Waals surface area (Å²) in [6, 6.07) is 16.6. The minimum Gasteiger partial charge on any atom is -0.352 e. The molecule has 2 aromatic rings. The Balaban J connectivity index is 2.03. The topological polar surface area (TPSA) is 66.5 Å². The van der Waals surface area contributed by atoms with Crippen molar-refractivity contribution in [3.8, 4) is 0 Å². The summed E-state index contributed by atoms with van der Waals surface area (Å²) in [5.41, 5.74) is 1.69. The van der Waals surface area contributed by atoms with Crippen molar-refractivity contribution < 1.29 is 13.2 Å². The van der Waals surface area contributed by atoms with Crippen LogP contribution < -0.4 is 5.32 Å². The molecule has 2 rings (SSSR count). The number of sulfonamides is 1. The van der Waals surface area contributed by atoms with Crippen molar-refractivity contribution in [3.05, 3.63) is 65.7 Å². The van der Waals surface area contributed by atoms with Crippen LogP contribution in [0.15, 0.2) is 59.5 Å². The largest absolute Gasteiger partial charge is 0.352 e. The fraction of sp³-hybridized carbons (Fsp3) is 0.316. The number of nitrogens with zero attached hydrogens (tertiary/aromatic N) is 1. The molecule has 1 N–H and O–H groups in total. The molecule has 0 aliphatic heterocycles. The van der Waals surface area contributed by atoms with Crippen molar-refractivity contribution in [3.63, 3.8) is 0 Å². The van der Waals surface area contributed by atoms with Crippen molar-refractivity contribution in [1.29, 1.82) is 0 Å². The molecule has 134 valence electrons. The number of carbonyl (C=O) groups is 1. The molecule has 1 amide bonds. The van der Waals surface area contributed by atoms with Crippen molar-refractivity contribution in [1.82, 2.24) is 9.62 Å². The lowest BCUT2D eigenvalue weighted by Crippen LogP contribution is -2.27. The molecule has 0 bridgehead atoms. The highest BCUT2D eigenvalue weighted by Gasteiger charge is 2.21. The van der Waals surface area contributed by atoms with Crippen LogP contribution in [0, 0.1) is 0 Å². The van der Waals surface area contributed by atoms with Crippen molar-refractivity contribution >= 4 is 15.9 Å². The molecule has 1 atom stereocenters. The second-order valence-electron chi connectivity index (χ2n) is 6.19. The van der Waals surface area contributed by atoms with Crippen LogP contribution in [0.2, 0.25) is 0 Å². The summed E-state index contributed by atoms with van der Waals surface area (Å²) >= 11 is 0. The molecule has 0 aliphatic rings. The summed E-state index contributed by atoms with van der Waals surface area (Å²) in [4.78, 5) is 12.4. The van der Waals surface area contributed by atoms with E-state index in [1.54, 1.807) is 24.3 Å². The Labute approximate surface area is 149 Å². The van der Waals surface area contributed by atoms with E-state index in [2.05, 4.69) is 5.32 Å². The van der Waals surface area contributed by atoms with E-state index in [4.69, 9.17) is 0 Å². The third-order valence-corrected chi connectivity index (χ3v) is 5.98. The summed E-state index contributed by atoms with van der Waals surface area (Å²) in [5.74, 6) is -0.00430. The number of rotatable bonds is 7. The Hall–Kier alpha value is -2.18. The zero-order chi connectivity index (χ0) is 18.4. The highest BCUT2D eigenvalue weighted by Crippen LogP contribution is 2.20. The first-order valence-electron chi connectivity index (χ1n) is 8.14. The predicted molar refractivity (Wildman–Crippen MR) is 98.6 cm³/mol. The van der Waals surface area contributed by atoms with Crippen LogP contribution in [0.4, 0.5) is 0 Å². The average molecular weight is 360 g/mol. The summed E-state index contributed by atoms with van der Waals surface area (Å²) in [5, 5.41) is 2.83. The lowest BCUT2D eigenvalue weighted by molar-refractivity contribution is -0.121. The summed E-state index contributed by atoms with van der Waals surface area (Å²) in [6.07, 6.45) is 0.354. The van der Waals surface area contributed by atoms with Crippen LogP contribution in [0.25, 0.3) is 0 Å². The molecule has 0 aromatic heterocycles. The maximum absolute atomic E-state index is 12.4. The van der Waals surface area contributed by atoms with Gasteiger partial charge in [0.15, 0.2) is 0 Å². The van der Waals surface area contributed by atoms with Gasteiger partial charge in [0.25, 0.3) is 0 Å². The Bertz CT molecular complexity index is 818. The van der Waals surface area contributed by atoms with E-state index < -0.39 is 10.0 Å². The fourth-order valence-electron chi connectivity index (χ4n) is 2.54. The monoisotopic (exact) mass is 360 g/mol. The van der Waals surface area contributed by atoms with Gasteiger partial charge >= 0.3 is 0 Å². The van der Waals surface area contributed by atoms with Crippen LogP contribution in [-0.2, 0) is 21.4 Å². The van der Waals surface area contributed by atoms with Crippen molar-refractivity contribution in [2.75, 3.05) is 14.1 Å². The second-order valence-corrected chi connectivity index (χ2v) is 8.31. The molecular formula is C19H24N2O3S. The fourth-order valence-corrected chi connectivity index (χ4v) is 3.66. The van der Waals surface area contributed by atoms with Gasteiger partial charge in [-0.2, -0.15) is 0 Å². The number of hydrogen-bond acceptors (Lipinski definition) is 3. The number of carbonyl (C=O) groups excluding carboxylic acids is 1. The molecule has 0 saturated heterocycles. The smallest absolute Gasteiger partial charge is 0.242 e. The van der Waals surface area contributed by atoms with Crippen LogP contribution in [-0.4, -0.2) is 32.7 Å². The summed E-state index contributed by atoms with van der Waals surface area (Å²) in [7, 11) is -0.555. The van der Waals surface area contributed by atoms with E-state index in [-0.39, 0.29) is 23.3 Å². The van der Waals surface area contributed by atoms with Crippen LogP contribution in [0.1, 0.15) is 30.4 Å². The van der Waals surface area contributed by atoms with Crippen molar-refractivity contribution in [2.24, 2.45) is 0 Å². The van der Waals surface area contributed by atoms with Crippen LogP contribution in [0.5, 0.6) is 0 Å². The maximum atomic E-state index is 12.4. The number of benzene rings is 2. The van der Waals surface area contributed by atoms with Crippen molar-refractivity contribution in [2.45, 2.75) is 30.7 Å². The Morgan fingerprint density at radius 1 is 1.04 bits per heavy atom. The van der Waals surface area contributed by atoms with E-state index in [0.717, 1.165) is 5.56 Å². The Morgan fingerprint density at radius 2 is 1.64 bits per heavy atom. The summed E-state index contributed by atoms with van der Waals surface area (Å²) in [6.45, 7) is 2.18. The highest BCUT2D eigenvalue weighted by molar-refractivity contribution is 7.89. The zero-order valence-electron chi connectivity index (χ0n) is 14.8. The van der Waals surface area contributed by atoms with E-state index in [1.807, 2.05) is 37.3 Å². The van der Waals surface area contributed by atoms with Gasteiger partial charge in [-0.25, -0.2) is 12.7 Å². The average Bonchev–Trinajstić information content (AvgIpc) is 2.60. The molecule has 1 unspecified atom stereocenters. The van der Waals surface area contributed by atoms with Gasteiger partial charge in [0.2, 0.25) is 15.9 Å². The lowest BCUT2D eigenvalue weighted by atomic mass is 9.97. The number of hydrogen-bond donors (Lipinski definition) is 1. The zero-order valence-corrected chi connectivity index (χ0v) is 15.6. The maximum Gasteiger partial charge on any atom is 0.242 e. The van der Waals surface area contributed by atoms with Gasteiger partial charge in [0.1, 0.15) is 0 Å². The molecule has 5 nitrogen and oxygen atoms in total. The lowest BCUT2D eigenvalue weighted by Gasteiger charge is -2.16. The normalized spacial score (nSPS) is 12.8.